The molecule has 0 aromatic heterocycles. The van der Waals surface area contributed by atoms with Gasteiger partial charge in [-0.3, -0.25) is 0 Å². The van der Waals surface area contributed by atoms with Gasteiger partial charge in [-0.2, -0.15) is 0 Å². The zero-order valence-electron chi connectivity index (χ0n) is 8.64. The highest BCUT2D eigenvalue weighted by Gasteiger charge is 1.89. The van der Waals surface area contributed by atoms with E-state index in [9.17, 15) is 0 Å². The van der Waals surface area contributed by atoms with Crippen LogP contribution < -0.4 is 0 Å². The minimum Gasteiger partial charge on any atom is -0.0801 e. The summed E-state index contributed by atoms with van der Waals surface area (Å²) < 4.78 is 0. The first-order valence-electron chi connectivity index (χ1n) is 5.22. The van der Waals surface area contributed by atoms with E-state index in [4.69, 9.17) is 0 Å². The monoisotopic (exact) mass is 194 g/mol. The Labute approximate surface area is 91.0 Å². The summed E-state index contributed by atoms with van der Waals surface area (Å²) >= 11 is 0. The molecule has 0 atom stereocenters. The Balaban J connectivity index is 1.93. The van der Waals surface area contributed by atoms with Gasteiger partial charge in [0.1, 0.15) is 0 Å². The minimum atomic E-state index is 1.07. The van der Waals surface area contributed by atoms with E-state index < -0.39 is 0 Å². The second kappa shape index (κ2) is 5.16. The highest BCUT2D eigenvalue weighted by molar-refractivity contribution is 5.51. The van der Waals surface area contributed by atoms with E-state index in [1.807, 2.05) is 18.2 Å². The molecule has 1 aromatic carbocycles. The molecule has 0 aliphatic heterocycles. The van der Waals surface area contributed by atoms with Crippen molar-refractivity contribution in [3.63, 3.8) is 0 Å². The van der Waals surface area contributed by atoms with E-state index in [1.54, 1.807) is 0 Å². The molecule has 0 N–H and O–H groups in total. The van der Waals surface area contributed by atoms with Crippen molar-refractivity contribution >= 4 is 6.08 Å². The van der Waals surface area contributed by atoms with Crippen molar-refractivity contribution < 1.29 is 0 Å². The smallest absolute Gasteiger partial charge is 0.0157 e. The highest BCUT2D eigenvalue weighted by Crippen LogP contribution is 2.09. The molecule has 1 aliphatic carbocycles. The Morgan fingerprint density at radius 3 is 2.47 bits per heavy atom. The number of rotatable bonds is 3. The molecule has 0 heterocycles. The van der Waals surface area contributed by atoms with E-state index in [0.717, 1.165) is 6.42 Å². The van der Waals surface area contributed by atoms with Gasteiger partial charge in [0.05, 0.1) is 0 Å². The van der Waals surface area contributed by atoms with Crippen LogP contribution in [0.3, 0.4) is 0 Å². The molecule has 15 heavy (non-hydrogen) atoms. The standard InChI is InChI=1S/C15H14/c1-2-8-14(9-3-1)10-4-5-11-15-12-6-7-13-15/h1-6,8-13H,7H2/b10-4+,11-5+. The largest absolute Gasteiger partial charge is 0.0801 e. The van der Waals surface area contributed by atoms with Gasteiger partial charge in [0, 0.05) is 0 Å². The van der Waals surface area contributed by atoms with Crippen molar-refractivity contribution in [1.82, 2.24) is 0 Å². The molecule has 0 radical (unpaired) electrons. The highest BCUT2D eigenvalue weighted by atomic mass is 14.0. The van der Waals surface area contributed by atoms with Gasteiger partial charge in [-0.15, -0.1) is 0 Å². The van der Waals surface area contributed by atoms with E-state index in [1.165, 1.54) is 11.1 Å². The molecule has 0 amide bonds. The van der Waals surface area contributed by atoms with Crippen LogP contribution in [0.1, 0.15) is 12.0 Å². The molecule has 0 saturated carbocycles. The van der Waals surface area contributed by atoms with Crippen LogP contribution in [0.4, 0.5) is 0 Å². The van der Waals surface area contributed by atoms with Crippen LogP contribution in [-0.4, -0.2) is 0 Å². The third kappa shape index (κ3) is 3.10. The molecule has 0 nitrogen and oxygen atoms in total. The van der Waals surface area contributed by atoms with Crippen molar-refractivity contribution in [2.45, 2.75) is 6.42 Å². The molecule has 0 bridgehead atoms. The summed E-state index contributed by atoms with van der Waals surface area (Å²) in [6.07, 6.45) is 16.0. The average Bonchev–Trinajstić information content (AvgIpc) is 2.79. The van der Waals surface area contributed by atoms with Gasteiger partial charge in [0.15, 0.2) is 0 Å². The molecule has 0 spiro atoms. The minimum absolute atomic E-state index is 1.07. The fourth-order valence-electron chi connectivity index (χ4n) is 1.50. The van der Waals surface area contributed by atoms with Crippen molar-refractivity contribution in [3.05, 3.63) is 77.9 Å². The van der Waals surface area contributed by atoms with E-state index in [0.29, 0.717) is 0 Å². The quantitative estimate of drug-likeness (QED) is 0.634. The van der Waals surface area contributed by atoms with Crippen molar-refractivity contribution in [3.8, 4) is 0 Å². The first-order valence-corrected chi connectivity index (χ1v) is 5.22. The predicted octanol–water partition coefficient (Wildman–Crippen LogP) is 4.14. The van der Waals surface area contributed by atoms with Gasteiger partial charge < -0.3 is 0 Å². The third-order valence-electron chi connectivity index (χ3n) is 2.29. The lowest BCUT2D eigenvalue weighted by Crippen LogP contribution is -1.67. The van der Waals surface area contributed by atoms with Gasteiger partial charge in [0.25, 0.3) is 0 Å². The number of hydrogen-bond donors (Lipinski definition) is 0. The first-order chi connectivity index (χ1) is 7.45. The predicted molar refractivity (Wildman–Crippen MR) is 66.5 cm³/mol. The fourth-order valence-corrected chi connectivity index (χ4v) is 1.50. The van der Waals surface area contributed by atoms with Crippen LogP contribution in [-0.2, 0) is 0 Å². The van der Waals surface area contributed by atoms with E-state index in [-0.39, 0.29) is 0 Å². The molecule has 2 rings (SSSR count). The molecular formula is C15H14. The van der Waals surface area contributed by atoms with Crippen LogP contribution in [0.15, 0.2) is 72.4 Å². The topological polar surface area (TPSA) is 0 Å². The van der Waals surface area contributed by atoms with Gasteiger partial charge in [-0.1, -0.05) is 72.9 Å². The van der Waals surface area contributed by atoms with Gasteiger partial charge >= 0.3 is 0 Å². The molecule has 1 aromatic rings. The number of allylic oxidation sites excluding steroid dienone is 7. The zero-order valence-corrected chi connectivity index (χ0v) is 8.64. The van der Waals surface area contributed by atoms with Crippen molar-refractivity contribution in [2.75, 3.05) is 0 Å². The van der Waals surface area contributed by atoms with Gasteiger partial charge in [0.2, 0.25) is 0 Å². The van der Waals surface area contributed by atoms with Gasteiger partial charge in [-0.25, -0.2) is 0 Å². The average molecular weight is 194 g/mol. The summed E-state index contributed by atoms with van der Waals surface area (Å²) in [5, 5.41) is 0. The summed E-state index contributed by atoms with van der Waals surface area (Å²) in [5.41, 5.74) is 2.53. The second-order valence-corrected chi connectivity index (χ2v) is 3.47. The molecular weight excluding hydrogens is 180 g/mol. The van der Waals surface area contributed by atoms with Gasteiger partial charge in [-0.05, 0) is 17.6 Å². The van der Waals surface area contributed by atoms with Crippen LogP contribution in [0.2, 0.25) is 0 Å². The third-order valence-corrected chi connectivity index (χ3v) is 2.29. The number of benzene rings is 1. The molecule has 74 valence electrons. The maximum Gasteiger partial charge on any atom is -0.0157 e. The second-order valence-electron chi connectivity index (χ2n) is 3.47. The van der Waals surface area contributed by atoms with Crippen molar-refractivity contribution in [2.24, 2.45) is 0 Å². The first kappa shape index (κ1) is 9.72. The van der Waals surface area contributed by atoms with Crippen LogP contribution in [0, 0.1) is 0 Å². The summed E-state index contributed by atoms with van der Waals surface area (Å²) in [4.78, 5) is 0. The van der Waals surface area contributed by atoms with E-state index in [2.05, 4.69) is 54.7 Å². The molecule has 0 heteroatoms. The Morgan fingerprint density at radius 2 is 1.73 bits per heavy atom. The summed E-state index contributed by atoms with van der Waals surface area (Å²) in [6.45, 7) is 0. The zero-order chi connectivity index (χ0) is 10.3. The van der Waals surface area contributed by atoms with Crippen LogP contribution in [0.25, 0.3) is 6.08 Å². The van der Waals surface area contributed by atoms with Crippen LogP contribution in [0.5, 0.6) is 0 Å². The lowest BCUT2D eigenvalue weighted by molar-refractivity contribution is 1.44. The maximum atomic E-state index is 2.22. The SMILES string of the molecule is C1=CC(/C=C/C=C/c2ccccc2)=CC1. The Bertz CT molecular complexity index is 417. The molecule has 1 aliphatic rings. The summed E-state index contributed by atoms with van der Waals surface area (Å²) in [7, 11) is 0. The van der Waals surface area contributed by atoms with E-state index >= 15 is 0 Å². The van der Waals surface area contributed by atoms with Crippen molar-refractivity contribution in [1.29, 1.82) is 0 Å². The summed E-state index contributed by atoms with van der Waals surface area (Å²) in [5.74, 6) is 0. The Hall–Kier alpha value is -1.82. The lowest BCUT2D eigenvalue weighted by atomic mass is 10.2. The fraction of sp³-hybridized carbons (Fsp3) is 0.0667. The summed E-state index contributed by atoms with van der Waals surface area (Å²) in [6, 6.07) is 10.3. The Morgan fingerprint density at radius 1 is 0.933 bits per heavy atom. The molecule has 0 saturated heterocycles. The normalized spacial score (nSPS) is 15.3. The molecule has 0 unspecified atom stereocenters. The van der Waals surface area contributed by atoms with Crippen LogP contribution >= 0.6 is 0 Å². The maximum absolute atomic E-state index is 2.22. The molecule has 0 fully saturated rings. The Kier molecular flexibility index (Phi) is 3.34. The number of hydrogen-bond acceptors (Lipinski definition) is 0. The lowest BCUT2D eigenvalue weighted by Gasteiger charge is -1.88.